The van der Waals surface area contributed by atoms with Crippen molar-refractivity contribution in [2.24, 2.45) is 5.92 Å². The number of fused-ring (bicyclic) bond motifs is 1. The number of nitrogens with zero attached hydrogens (tertiary/aromatic N) is 3. The number of carbonyl (C=O) groups is 3. The summed E-state index contributed by atoms with van der Waals surface area (Å²) in [6.07, 6.45) is 5.39. The quantitative estimate of drug-likeness (QED) is 0.548. The Bertz CT molecular complexity index is 1270. The average Bonchev–Trinajstić information content (AvgIpc) is 3.30. The molecular weight excluding hydrogens is 468 g/mol. The van der Waals surface area contributed by atoms with Gasteiger partial charge in [-0.2, -0.15) is 0 Å². The highest BCUT2D eigenvalue weighted by Crippen LogP contribution is 2.31. The maximum Gasteiger partial charge on any atom is 0.256 e. The molecular formula is C26H29F2N5O3. The van der Waals surface area contributed by atoms with Crippen molar-refractivity contribution in [3.05, 3.63) is 71.8 Å². The molecule has 10 heteroatoms. The molecule has 3 atom stereocenters. The van der Waals surface area contributed by atoms with Gasteiger partial charge in [0.1, 0.15) is 17.7 Å². The summed E-state index contributed by atoms with van der Waals surface area (Å²) in [4.78, 5) is 44.1. The van der Waals surface area contributed by atoms with Crippen molar-refractivity contribution in [1.82, 2.24) is 24.9 Å². The molecule has 3 aromatic rings. The molecule has 1 aromatic carbocycles. The Kier molecular flexibility index (Phi) is 7.32. The van der Waals surface area contributed by atoms with Crippen LogP contribution in [0.5, 0.6) is 0 Å². The fourth-order valence-corrected chi connectivity index (χ4v) is 4.80. The van der Waals surface area contributed by atoms with E-state index in [1.54, 1.807) is 40.2 Å². The molecule has 4 rings (SSSR count). The highest BCUT2D eigenvalue weighted by atomic mass is 19.1. The zero-order chi connectivity index (χ0) is 26.0. The summed E-state index contributed by atoms with van der Waals surface area (Å²) in [5, 5.41) is 5.61. The molecule has 1 fully saturated rings. The average molecular weight is 498 g/mol. The molecule has 0 radical (unpaired) electrons. The van der Waals surface area contributed by atoms with E-state index in [1.165, 1.54) is 19.1 Å². The minimum absolute atomic E-state index is 0.132. The van der Waals surface area contributed by atoms with Gasteiger partial charge >= 0.3 is 0 Å². The third kappa shape index (κ3) is 5.37. The lowest BCUT2D eigenvalue weighted by molar-refractivity contribution is -0.130. The number of benzene rings is 1. The van der Waals surface area contributed by atoms with Crippen molar-refractivity contribution in [1.29, 1.82) is 0 Å². The van der Waals surface area contributed by atoms with E-state index in [0.717, 1.165) is 6.07 Å². The van der Waals surface area contributed by atoms with E-state index in [2.05, 4.69) is 15.6 Å². The van der Waals surface area contributed by atoms with Gasteiger partial charge in [-0.15, -0.1) is 0 Å². The summed E-state index contributed by atoms with van der Waals surface area (Å²) in [6.45, 7) is 5.42. The smallest absolute Gasteiger partial charge is 0.256 e. The molecule has 1 aliphatic rings. The van der Waals surface area contributed by atoms with E-state index in [-0.39, 0.29) is 24.3 Å². The summed E-state index contributed by atoms with van der Waals surface area (Å²) >= 11 is 0. The Morgan fingerprint density at radius 1 is 1.14 bits per heavy atom. The van der Waals surface area contributed by atoms with E-state index < -0.39 is 35.5 Å². The number of halogens is 2. The van der Waals surface area contributed by atoms with Gasteiger partial charge in [0.15, 0.2) is 0 Å². The first-order valence-electron chi connectivity index (χ1n) is 11.9. The maximum atomic E-state index is 14.0. The van der Waals surface area contributed by atoms with Gasteiger partial charge in [0.05, 0.1) is 29.6 Å². The van der Waals surface area contributed by atoms with Gasteiger partial charge in [-0.3, -0.25) is 14.4 Å². The highest BCUT2D eigenvalue weighted by molar-refractivity contribution is 6.00. The van der Waals surface area contributed by atoms with E-state index in [4.69, 9.17) is 0 Å². The van der Waals surface area contributed by atoms with Gasteiger partial charge in [-0.25, -0.2) is 13.8 Å². The van der Waals surface area contributed by atoms with Crippen LogP contribution >= 0.6 is 0 Å². The van der Waals surface area contributed by atoms with Crippen LogP contribution in [0.25, 0.3) is 5.52 Å². The van der Waals surface area contributed by atoms with Crippen LogP contribution in [0.15, 0.2) is 49.1 Å². The lowest BCUT2D eigenvalue weighted by Crippen LogP contribution is -2.58. The molecule has 2 N–H and O–H groups in total. The monoisotopic (exact) mass is 497 g/mol. The van der Waals surface area contributed by atoms with E-state index in [1.807, 2.05) is 13.8 Å². The van der Waals surface area contributed by atoms with Crippen molar-refractivity contribution < 1.29 is 23.2 Å². The summed E-state index contributed by atoms with van der Waals surface area (Å²) in [7, 11) is 0. The second-order valence-electron chi connectivity index (χ2n) is 9.49. The van der Waals surface area contributed by atoms with Gasteiger partial charge in [-0.05, 0) is 42.2 Å². The molecule has 0 saturated carbocycles. The standard InChI is InChI=1S/C26H29F2N5O3/c1-15(2)24(30-16(3)34)25(35)31-22-13-32(8-6-20(22)17-9-18(27)11-19(28)10-17)26(36)21-5-4-7-33-14-29-12-23(21)33/h4-5,7,9-12,14-15,20,22,24H,6,8,13H2,1-3H3,(H,30,34)(H,31,35)/t20-,22+,24+/m0/s1. The first kappa shape index (κ1) is 25.3. The number of rotatable bonds is 6. The number of nitrogens with one attached hydrogen (secondary N) is 2. The molecule has 1 aliphatic heterocycles. The SMILES string of the molecule is CC(=O)N[C@@H](C(=O)N[C@@H]1CN(C(=O)c2cccn3cncc23)CC[C@H]1c1cc(F)cc(F)c1)C(C)C. The van der Waals surface area contributed by atoms with Gasteiger partial charge < -0.3 is 19.9 Å². The normalized spacial score (nSPS) is 18.8. The van der Waals surface area contributed by atoms with Crippen LogP contribution in [0.4, 0.5) is 8.78 Å². The molecule has 8 nitrogen and oxygen atoms in total. The molecule has 190 valence electrons. The number of hydrogen-bond acceptors (Lipinski definition) is 4. The van der Waals surface area contributed by atoms with Crippen molar-refractivity contribution in [3.8, 4) is 0 Å². The minimum Gasteiger partial charge on any atom is -0.349 e. The van der Waals surface area contributed by atoms with Gasteiger partial charge in [0.25, 0.3) is 5.91 Å². The molecule has 0 bridgehead atoms. The molecule has 2 aromatic heterocycles. The summed E-state index contributed by atoms with van der Waals surface area (Å²) < 4.78 is 29.8. The second kappa shape index (κ2) is 10.4. The van der Waals surface area contributed by atoms with Crippen molar-refractivity contribution in [2.75, 3.05) is 13.1 Å². The lowest BCUT2D eigenvalue weighted by atomic mass is 9.84. The van der Waals surface area contributed by atoms with E-state index in [9.17, 15) is 23.2 Å². The van der Waals surface area contributed by atoms with Crippen molar-refractivity contribution in [2.45, 2.75) is 45.2 Å². The van der Waals surface area contributed by atoms with Gasteiger partial charge in [0, 0.05) is 38.2 Å². The predicted octanol–water partition coefficient (Wildman–Crippen LogP) is 2.89. The van der Waals surface area contributed by atoms with Crippen LogP contribution in [-0.4, -0.2) is 57.2 Å². The molecule has 0 aliphatic carbocycles. The van der Waals surface area contributed by atoms with Gasteiger partial charge in [-0.1, -0.05) is 13.8 Å². The minimum atomic E-state index is -0.793. The molecule has 3 amide bonds. The first-order valence-corrected chi connectivity index (χ1v) is 11.9. The zero-order valence-corrected chi connectivity index (χ0v) is 20.4. The topological polar surface area (TPSA) is 95.8 Å². The van der Waals surface area contributed by atoms with Crippen molar-refractivity contribution >= 4 is 23.2 Å². The number of amides is 3. The molecule has 36 heavy (non-hydrogen) atoms. The van der Waals surface area contributed by atoms with Crippen LogP contribution in [0.2, 0.25) is 0 Å². The van der Waals surface area contributed by atoms with Crippen LogP contribution in [0.1, 0.15) is 49.0 Å². The maximum absolute atomic E-state index is 14.0. The summed E-state index contributed by atoms with van der Waals surface area (Å²) in [6, 6.07) is 5.36. The lowest BCUT2D eigenvalue weighted by Gasteiger charge is -2.40. The Morgan fingerprint density at radius 3 is 2.53 bits per heavy atom. The zero-order valence-electron chi connectivity index (χ0n) is 20.4. The molecule has 0 unspecified atom stereocenters. The Morgan fingerprint density at radius 2 is 1.86 bits per heavy atom. The highest BCUT2D eigenvalue weighted by Gasteiger charge is 2.36. The first-order chi connectivity index (χ1) is 17.1. The van der Waals surface area contributed by atoms with Gasteiger partial charge in [0.2, 0.25) is 11.8 Å². The summed E-state index contributed by atoms with van der Waals surface area (Å²) in [5.41, 5.74) is 1.53. The molecule has 3 heterocycles. The molecule has 1 saturated heterocycles. The van der Waals surface area contributed by atoms with E-state index >= 15 is 0 Å². The third-order valence-electron chi connectivity index (χ3n) is 6.53. The van der Waals surface area contributed by atoms with E-state index in [0.29, 0.717) is 29.6 Å². The second-order valence-corrected chi connectivity index (χ2v) is 9.49. The Hall–Kier alpha value is -3.82. The number of piperidine rings is 1. The number of pyridine rings is 1. The van der Waals surface area contributed by atoms with Crippen molar-refractivity contribution in [3.63, 3.8) is 0 Å². The number of aromatic nitrogens is 2. The van der Waals surface area contributed by atoms with Crippen LogP contribution in [0.3, 0.4) is 0 Å². The number of imidazole rings is 1. The largest absolute Gasteiger partial charge is 0.349 e. The fraction of sp³-hybridized carbons (Fsp3) is 0.385. The van der Waals surface area contributed by atoms with Crippen LogP contribution in [0, 0.1) is 17.6 Å². The fourth-order valence-electron chi connectivity index (χ4n) is 4.80. The number of carbonyl (C=O) groups excluding carboxylic acids is 3. The van der Waals surface area contributed by atoms with Crippen LogP contribution in [-0.2, 0) is 9.59 Å². The Labute approximate surface area is 207 Å². The molecule has 0 spiro atoms. The number of hydrogen-bond donors (Lipinski definition) is 2. The predicted molar refractivity (Wildman–Crippen MR) is 129 cm³/mol. The Balaban J connectivity index is 1.63. The number of likely N-dealkylation sites (tertiary alicyclic amines) is 1. The third-order valence-corrected chi connectivity index (χ3v) is 6.53. The summed E-state index contributed by atoms with van der Waals surface area (Å²) in [5.74, 6) is -3.04. The van der Waals surface area contributed by atoms with Crippen LogP contribution < -0.4 is 10.6 Å².